The van der Waals surface area contributed by atoms with Crippen molar-refractivity contribution in [3.05, 3.63) is 23.5 Å². The molecule has 0 heterocycles. The molecule has 2 nitrogen and oxygen atoms in total. The molecule has 0 fully saturated rings. The van der Waals surface area contributed by atoms with Crippen molar-refractivity contribution in [3.8, 4) is 0 Å². The van der Waals surface area contributed by atoms with Crippen LogP contribution in [0.15, 0.2) is 23.5 Å². The predicted molar refractivity (Wildman–Crippen MR) is 59.1 cm³/mol. The highest BCUT2D eigenvalue weighted by atomic mass is 16.5. The first-order valence-corrected chi connectivity index (χ1v) is 5.87. The Morgan fingerprint density at radius 2 is 2.00 bits per heavy atom. The minimum atomic E-state index is -0.0729. The lowest BCUT2D eigenvalue weighted by Gasteiger charge is -2.12. The maximum absolute atomic E-state index is 11.8. The van der Waals surface area contributed by atoms with Crippen LogP contribution in [0.25, 0.3) is 0 Å². The fourth-order valence-corrected chi connectivity index (χ4v) is 2.19. The van der Waals surface area contributed by atoms with Crippen molar-refractivity contribution in [2.24, 2.45) is 5.92 Å². The molecule has 0 aromatic carbocycles. The molecule has 0 saturated carbocycles. The number of hydrogen-bond acceptors (Lipinski definition) is 2. The molecule has 0 spiro atoms. The summed E-state index contributed by atoms with van der Waals surface area (Å²) in [6.07, 6.45) is 10.7. The Kier molecular flexibility index (Phi) is 3.24. The van der Waals surface area contributed by atoms with E-state index >= 15 is 0 Å². The van der Waals surface area contributed by atoms with E-state index in [1.165, 1.54) is 12.0 Å². The lowest BCUT2D eigenvalue weighted by Crippen LogP contribution is -2.15. The van der Waals surface area contributed by atoms with Crippen LogP contribution in [0.4, 0.5) is 0 Å². The maximum Gasteiger partial charge on any atom is 0.317 e. The van der Waals surface area contributed by atoms with Gasteiger partial charge in [0.2, 0.25) is 0 Å². The third kappa shape index (κ3) is 2.49. The third-order valence-corrected chi connectivity index (χ3v) is 3.22. The summed E-state index contributed by atoms with van der Waals surface area (Å²) in [5, 5.41) is 0. The molecule has 2 rings (SSSR count). The van der Waals surface area contributed by atoms with Crippen LogP contribution < -0.4 is 0 Å². The van der Waals surface area contributed by atoms with Crippen LogP contribution in [0.5, 0.6) is 0 Å². The van der Waals surface area contributed by atoms with Gasteiger partial charge in [-0.05, 0) is 45.1 Å². The molecule has 1 atom stereocenters. The zero-order valence-electron chi connectivity index (χ0n) is 9.29. The first-order valence-electron chi connectivity index (χ1n) is 5.87. The second-order valence-corrected chi connectivity index (χ2v) is 4.38. The van der Waals surface area contributed by atoms with E-state index in [4.69, 9.17) is 4.74 Å². The van der Waals surface area contributed by atoms with E-state index in [2.05, 4.69) is 6.08 Å². The quantitative estimate of drug-likeness (QED) is 0.523. The van der Waals surface area contributed by atoms with Crippen LogP contribution in [0.1, 0.15) is 45.4 Å². The van der Waals surface area contributed by atoms with Crippen LogP contribution >= 0.6 is 0 Å². The third-order valence-electron chi connectivity index (χ3n) is 3.22. The Morgan fingerprint density at radius 1 is 1.27 bits per heavy atom. The number of carbonyl (C=O) groups excluding carboxylic acids is 1. The summed E-state index contributed by atoms with van der Waals surface area (Å²) >= 11 is 0. The second kappa shape index (κ2) is 4.65. The van der Waals surface area contributed by atoms with Crippen LogP contribution in [-0.2, 0) is 9.53 Å². The van der Waals surface area contributed by atoms with Gasteiger partial charge in [0.25, 0.3) is 0 Å². The van der Waals surface area contributed by atoms with Gasteiger partial charge in [-0.1, -0.05) is 11.6 Å². The van der Waals surface area contributed by atoms with Crippen molar-refractivity contribution in [1.82, 2.24) is 0 Å². The van der Waals surface area contributed by atoms with Gasteiger partial charge in [0.1, 0.15) is 5.76 Å². The molecular weight excluding hydrogens is 188 g/mol. The van der Waals surface area contributed by atoms with Crippen LogP contribution in [-0.4, -0.2) is 5.97 Å². The van der Waals surface area contributed by atoms with Gasteiger partial charge < -0.3 is 4.74 Å². The normalized spacial score (nSPS) is 22.2. The van der Waals surface area contributed by atoms with Gasteiger partial charge in [0, 0.05) is 6.42 Å². The van der Waals surface area contributed by atoms with Crippen molar-refractivity contribution in [2.75, 3.05) is 0 Å². The van der Waals surface area contributed by atoms with Crippen LogP contribution in [0.3, 0.4) is 0 Å². The van der Waals surface area contributed by atoms with Crippen molar-refractivity contribution in [1.29, 1.82) is 0 Å². The molecule has 0 N–H and O–H groups in total. The first kappa shape index (κ1) is 10.5. The number of esters is 1. The van der Waals surface area contributed by atoms with E-state index in [0.29, 0.717) is 0 Å². The highest BCUT2D eigenvalue weighted by Crippen LogP contribution is 2.27. The topological polar surface area (TPSA) is 26.3 Å². The average Bonchev–Trinajstić information content (AvgIpc) is 2.88. The lowest BCUT2D eigenvalue weighted by molar-refractivity contribution is -0.142. The van der Waals surface area contributed by atoms with Crippen LogP contribution in [0.2, 0.25) is 0 Å². The first-order chi connectivity index (χ1) is 7.27. The predicted octanol–water partition coefficient (Wildman–Crippen LogP) is 3.34. The summed E-state index contributed by atoms with van der Waals surface area (Å²) in [5.41, 5.74) is 1.26. The average molecular weight is 206 g/mol. The molecule has 0 amide bonds. The summed E-state index contributed by atoms with van der Waals surface area (Å²) in [6.45, 7) is 1.95. The number of carbonyl (C=O) groups is 1. The number of hydrogen-bond donors (Lipinski definition) is 0. The zero-order valence-corrected chi connectivity index (χ0v) is 9.29. The molecular formula is C13H18O2. The molecule has 0 radical (unpaired) electrons. The summed E-state index contributed by atoms with van der Waals surface area (Å²) in [4.78, 5) is 11.8. The number of rotatable bonds is 3. The number of allylic oxidation sites excluding steroid dienone is 3. The molecule has 0 unspecified atom stereocenters. The number of ether oxygens (including phenoxy) is 1. The molecule has 0 aliphatic heterocycles. The fourth-order valence-electron chi connectivity index (χ4n) is 2.19. The van der Waals surface area contributed by atoms with E-state index < -0.39 is 0 Å². The van der Waals surface area contributed by atoms with Gasteiger partial charge >= 0.3 is 5.97 Å². The summed E-state index contributed by atoms with van der Waals surface area (Å²) < 4.78 is 5.37. The minimum absolute atomic E-state index is 0.0472. The standard InChI is InChI=1S/C13H18O2/c1-10(11-6-2-3-7-11)13(14)15-12-8-4-5-9-12/h6,8,10H,2-5,7,9H2,1H3/t10-/m0/s1. The molecule has 0 bridgehead atoms. The zero-order chi connectivity index (χ0) is 10.7. The van der Waals surface area contributed by atoms with Gasteiger partial charge in [-0.15, -0.1) is 0 Å². The van der Waals surface area contributed by atoms with Gasteiger partial charge in [-0.3, -0.25) is 4.79 Å². The lowest BCUT2D eigenvalue weighted by atomic mass is 10.0. The molecule has 0 aromatic rings. The molecule has 0 saturated heterocycles. The molecule has 15 heavy (non-hydrogen) atoms. The Bertz CT molecular complexity index is 312. The van der Waals surface area contributed by atoms with Crippen molar-refractivity contribution >= 4 is 5.97 Å². The summed E-state index contributed by atoms with van der Waals surface area (Å²) in [7, 11) is 0. The van der Waals surface area contributed by atoms with E-state index in [1.54, 1.807) is 0 Å². The second-order valence-electron chi connectivity index (χ2n) is 4.38. The monoisotopic (exact) mass is 206 g/mol. The molecule has 2 heteroatoms. The smallest absolute Gasteiger partial charge is 0.317 e. The molecule has 82 valence electrons. The van der Waals surface area contributed by atoms with E-state index in [-0.39, 0.29) is 11.9 Å². The van der Waals surface area contributed by atoms with E-state index in [9.17, 15) is 4.79 Å². The molecule has 0 aromatic heterocycles. The Labute approximate surface area is 91.0 Å². The molecule has 2 aliphatic rings. The highest BCUT2D eigenvalue weighted by Gasteiger charge is 2.22. The molecule has 2 aliphatic carbocycles. The van der Waals surface area contributed by atoms with Crippen LogP contribution in [0, 0.1) is 5.92 Å². The van der Waals surface area contributed by atoms with Gasteiger partial charge in [-0.25, -0.2) is 0 Å². The minimum Gasteiger partial charge on any atom is -0.431 e. The van der Waals surface area contributed by atoms with E-state index in [1.807, 2.05) is 13.0 Å². The Hall–Kier alpha value is -1.05. The van der Waals surface area contributed by atoms with Crippen molar-refractivity contribution < 1.29 is 9.53 Å². The van der Waals surface area contributed by atoms with Crippen molar-refractivity contribution in [3.63, 3.8) is 0 Å². The van der Waals surface area contributed by atoms with Gasteiger partial charge in [-0.2, -0.15) is 0 Å². The van der Waals surface area contributed by atoms with Gasteiger partial charge in [0.15, 0.2) is 0 Å². The largest absolute Gasteiger partial charge is 0.431 e. The maximum atomic E-state index is 11.8. The fraction of sp³-hybridized carbons (Fsp3) is 0.615. The van der Waals surface area contributed by atoms with Gasteiger partial charge in [0.05, 0.1) is 5.92 Å². The van der Waals surface area contributed by atoms with E-state index in [0.717, 1.165) is 37.9 Å². The highest BCUT2D eigenvalue weighted by molar-refractivity contribution is 5.76. The van der Waals surface area contributed by atoms with Crippen molar-refractivity contribution in [2.45, 2.75) is 45.4 Å². The SMILES string of the molecule is C[C@H](C(=O)OC1=CCCC1)C1=CCCC1. The summed E-state index contributed by atoms with van der Waals surface area (Å²) in [6, 6.07) is 0. The Balaban J connectivity index is 1.89. The Morgan fingerprint density at radius 3 is 2.60 bits per heavy atom. The summed E-state index contributed by atoms with van der Waals surface area (Å²) in [5.74, 6) is 0.760.